The summed E-state index contributed by atoms with van der Waals surface area (Å²) in [4.78, 5) is 8.12. The van der Waals surface area contributed by atoms with Crippen LogP contribution in [0.4, 0.5) is 0 Å². The number of rotatable bonds is 2. The summed E-state index contributed by atoms with van der Waals surface area (Å²) in [5.41, 5.74) is 6.23. The number of hydrogen-bond acceptors (Lipinski definition) is 5. The monoisotopic (exact) mass is 248 g/mol. The summed E-state index contributed by atoms with van der Waals surface area (Å²) in [5.74, 6) is 1.04. The highest BCUT2D eigenvalue weighted by Crippen LogP contribution is 2.15. The molecule has 2 N–H and O–H groups in total. The Morgan fingerprint density at radius 2 is 2.29 bits per heavy atom. The maximum Gasteiger partial charge on any atom is 0.243 e. The molecule has 86 valence electrons. The predicted molar refractivity (Wildman–Crippen MR) is 61.5 cm³/mol. The minimum absolute atomic E-state index is 0.114. The smallest absolute Gasteiger partial charge is 0.243 e. The van der Waals surface area contributed by atoms with Crippen molar-refractivity contribution in [1.29, 1.82) is 5.26 Å². The highest BCUT2D eigenvalue weighted by molar-refractivity contribution is 6.28. The van der Waals surface area contributed by atoms with Gasteiger partial charge in [0, 0.05) is 6.20 Å². The summed E-state index contributed by atoms with van der Waals surface area (Å²) in [5, 5.41) is 12.8. The van der Waals surface area contributed by atoms with Crippen LogP contribution in [0.1, 0.15) is 24.4 Å². The first-order valence-electron chi connectivity index (χ1n) is 4.86. The van der Waals surface area contributed by atoms with Crippen molar-refractivity contribution >= 4 is 11.6 Å². The normalized spacial score (nSPS) is 12.1. The Labute approximate surface area is 103 Å². The Morgan fingerprint density at radius 3 is 2.82 bits per heavy atom. The lowest BCUT2D eigenvalue weighted by molar-refractivity contribution is 0.681. The summed E-state index contributed by atoms with van der Waals surface area (Å²) < 4.78 is 1.47. The third-order valence-corrected chi connectivity index (χ3v) is 2.27. The average molecular weight is 249 g/mol. The van der Waals surface area contributed by atoms with Gasteiger partial charge in [-0.25, -0.2) is 4.98 Å². The lowest BCUT2D eigenvalue weighted by atomic mass is 10.3. The molecule has 2 aromatic heterocycles. The molecule has 2 aromatic rings. The van der Waals surface area contributed by atoms with E-state index in [1.807, 2.05) is 6.07 Å². The van der Waals surface area contributed by atoms with Crippen LogP contribution in [0, 0.1) is 11.3 Å². The topological polar surface area (TPSA) is 93.4 Å². The summed E-state index contributed by atoms with van der Waals surface area (Å²) in [6.07, 6.45) is 1.45. The summed E-state index contributed by atoms with van der Waals surface area (Å²) in [6.45, 7) is 1.78. The van der Waals surface area contributed by atoms with E-state index in [0.29, 0.717) is 17.2 Å². The van der Waals surface area contributed by atoms with Crippen molar-refractivity contribution in [3.05, 3.63) is 35.0 Å². The van der Waals surface area contributed by atoms with Crippen LogP contribution in [0.5, 0.6) is 0 Å². The molecule has 7 heteroatoms. The number of aromatic nitrogens is 4. The first kappa shape index (κ1) is 11.5. The first-order chi connectivity index (χ1) is 8.11. The van der Waals surface area contributed by atoms with Gasteiger partial charge >= 0.3 is 0 Å². The summed E-state index contributed by atoms with van der Waals surface area (Å²) in [7, 11) is 0. The Balaban J connectivity index is 2.49. The van der Waals surface area contributed by atoms with Crippen molar-refractivity contribution < 1.29 is 0 Å². The predicted octanol–water partition coefficient (Wildman–Crippen LogP) is 1.21. The highest BCUT2D eigenvalue weighted by Gasteiger charge is 2.14. The van der Waals surface area contributed by atoms with Gasteiger partial charge in [0.05, 0.1) is 11.6 Å². The molecular formula is C10H9ClN6. The molecule has 0 aliphatic heterocycles. The molecule has 0 saturated heterocycles. The van der Waals surface area contributed by atoms with E-state index >= 15 is 0 Å². The second-order valence-electron chi connectivity index (χ2n) is 3.46. The van der Waals surface area contributed by atoms with Crippen molar-refractivity contribution in [2.45, 2.75) is 13.0 Å². The molecule has 6 nitrogen and oxygen atoms in total. The Bertz CT molecular complexity index is 565. The molecule has 0 aliphatic carbocycles. The van der Waals surface area contributed by atoms with Crippen LogP contribution in [0.3, 0.4) is 0 Å². The quantitative estimate of drug-likeness (QED) is 0.862. The Morgan fingerprint density at radius 1 is 1.53 bits per heavy atom. The number of halogens is 1. The van der Waals surface area contributed by atoms with E-state index in [2.05, 4.69) is 15.1 Å². The molecule has 0 fully saturated rings. The molecular weight excluding hydrogens is 240 g/mol. The van der Waals surface area contributed by atoms with Gasteiger partial charge in [-0.3, -0.25) is 0 Å². The number of hydrogen-bond donors (Lipinski definition) is 1. The highest BCUT2D eigenvalue weighted by atomic mass is 35.5. The third-order valence-electron chi connectivity index (χ3n) is 2.11. The largest absolute Gasteiger partial charge is 0.322 e. The maximum atomic E-state index is 8.68. The maximum absolute atomic E-state index is 8.68. The van der Waals surface area contributed by atoms with E-state index in [4.69, 9.17) is 22.6 Å². The SMILES string of the molecule is CC(N)c1nc(Cl)nn1-c1ccc(C#N)cn1. The van der Waals surface area contributed by atoms with E-state index < -0.39 is 0 Å². The fraction of sp³-hybridized carbons (Fsp3) is 0.200. The second kappa shape index (κ2) is 4.49. The molecule has 2 rings (SSSR count). The standard InChI is InChI=1S/C10H9ClN6/c1-6(13)9-15-10(11)16-17(9)8-3-2-7(4-12)5-14-8/h2-3,5-6H,13H2,1H3. The van der Waals surface area contributed by atoms with Crippen LogP contribution in [0.25, 0.3) is 5.82 Å². The molecule has 0 bridgehead atoms. The minimum atomic E-state index is -0.313. The van der Waals surface area contributed by atoms with E-state index in [1.54, 1.807) is 19.1 Å². The summed E-state index contributed by atoms with van der Waals surface area (Å²) in [6, 6.07) is 4.98. The number of nitriles is 1. The zero-order chi connectivity index (χ0) is 12.4. The van der Waals surface area contributed by atoms with Crippen molar-refractivity contribution in [2.75, 3.05) is 0 Å². The van der Waals surface area contributed by atoms with Gasteiger partial charge in [-0.05, 0) is 30.7 Å². The zero-order valence-electron chi connectivity index (χ0n) is 9.00. The molecule has 0 aliphatic rings. The van der Waals surface area contributed by atoms with Gasteiger partial charge in [-0.1, -0.05) is 0 Å². The van der Waals surface area contributed by atoms with E-state index in [0.717, 1.165) is 0 Å². The molecule has 0 radical (unpaired) electrons. The van der Waals surface area contributed by atoms with E-state index in [-0.39, 0.29) is 11.3 Å². The Hall–Kier alpha value is -1.97. The van der Waals surface area contributed by atoms with Crippen LogP contribution in [0.15, 0.2) is 18.3 Å². The van der Waals surface area contributed by atoms with Crippen molar-refractivity contribution in [2.24, 2.45) is 5.73 Å². The first-order valence-corrected chi connectivity index (χ1v) is 5.24. The van der Waals surface area contributed by atoms with Crippen molar-refractivity contribution in [3.63, 3.8) is 0 Å². The zero-order valence-corrected chi connectivity index (χ0v) is 9.76. The Kier molecular flexibility index (Phi) is 3.04. The molecule has 0 aromatic carbocycles. The van der Waals surface area contributed by atoms with Crippen LogP contribution in [-0.4, -0.2) is 19.7 Å². The second-order valence-corrected chi connectivity index (χ2v) is 3.79. The molecule has 17 heavy (non-hydrogen) atoms. The molecule has 2 heterocycles. The van der Waals surface area contributed by atoms with Crippen LogP contribution in [0.2, 0.25) is 5.28 Å². The molecule has 0 amide bonds. The average Bonchev–Trinajstić information content (AvgIpc) is 2.72. The summed E-state index contributed by atoms with van der Waals surface area (Å²) >= 11 is 5.74. The van der Waals surface area contributed by atoms with Crippen molar-refractivity contribution in [3.8, 4) is 11.9 Å². The van der Waals surface area contributed by atoms with Gasteiger partial charge in [0.15, 0.2) is 11.6 Å². The van der Waals surface area contributed by atoms with E-state index in [1.165, 1.54) is 10.9 Å². The van der Waals surface area contributed by atoms with Gasteiger partial charge in [0.2, 0.25) is 5.28 Å². The lowest BCUT2D eigenvalue weighted by Gasteiger charge is -2.06. The lowest BCUT2D eigenvalue weighted by Crippen LogP contribution is -2.14. The number of pyridine rings is 1. The van der Waals surface area contributed by atoms with Crippen molar-refractivity contribution in [1.82, 2.24) is 19.7 Å². The van der Waals surface area contributed by atoms with Gasteiger partial charge in [-0.15, -0.1) is 5.10 Å². The third kappa shape index (κ3) is 2.25. The minimum Gasteiger partial charge on any atom is -0.322 e. The molecule has 0 saturated carbocycles. The number of nitrogens with two attached hydrogens (primary N) is 1. The van der Waals surface area contributed by atoms with Crippen LogP contribution < -0.4 is 5.73 Å². The van der Waals surface area contributed by atoms with Gasteiger partial charge in [-0.2, -0.15) is 14.9 Å². The van der Waals surface area contributed by atoms with Gasteiger partial charge in [0.1, 0.15) is 6.07 Å². The van der Waals surface area contributed by atoms with Crippen LogP contribution in [-0.2, 0) is 0 Å². The molecule has 1 atom stereocenters. The van der Waals surface area contributed by atoms with E-state index in [9.17, 15) is 0 Å². The van der Waals surface area contributed by atoms with Crippen LogP contribution >= 0.6 is 11.6 Å². The van der Waals surface area contributed by atoms with Gasteiger partial charge < -0.3 is 5.73 Å². The fourth-order valence-corrected chi connectivity index (χ4v) is 1.50. The molecule has 0 spiro atoms. The number of nitrogens with zero attached hydrogens (tertiary/aromatic N) is 5. The fourth-order valence-electron chi connectivity index (χ4n) is 1.34. The molecule has 1 unspecified atom stereocenters. The van der Waals surface area contributed by atoms with Gasteiger partial charge in [0.25, 0.3) is 0 Å².